The number of fused-ring (bicyclic) bond motifs is 2. The summed E-state index contributed by atoms with van der Waals surface area (Å²) in [6.45, 7) is 3.18. The van der Waals surface area contributed by atoms with E-state index in [0.29, 0.717) is 41.5 Å². The van der Waals surface area contributed by atoms with Crippen molar-refractivity contribution in [2.24, 2.45) is 0 Å². The Kier molecular flexibility index (Phi) is 5.67. The van der Waals surface area contributed by atoms with Gasteiger partial charge in [0.05, 0.1) is 5.41 Å². The second-order valence-corrected chi connectivity index (χ2v) is 10.3. The summed E-state index contributed by atoms with van der Waals surface area (Å²) in [4.78, 5) is 29.2. The molecule has 0 amide bonds. The Bertz CT molecular complexity index is 1220. The molecule has 0 bridgehead atoms. The lowest BCUT2D eigenvalue weighted by molar-refractivity contribution is -0.128. The molecule has 4 heterocycles. The van der Waals surface area contributed by atoms with Crippen LogP contribution in [-0.2, 0) is 16.6 Å². The van der Waals surface area contributed by atoms with Crippen molar-refractivity contribution >= 4 is 5.78 Å². The average molecular weight is 477 g/mol. The van der Waals surface area contributed by atoms with Crippen LogP contribution in [0.15, 0.2) is 29.3 Å². The Morgan fingerprint density at radius 3 is 2.83 bits per heavy atom. The van der Waals surface area contributed by atoms with Crippen LogP contribution < -0.4 is 4.74 Å². The second kappa shape index (κ2) is 8.86. The fourth-order valence-corrected chi connectivity index (χ4v) is 6.27. The van der Waals surface area contributed by atoms with E-state index in [2.05, 4.69) is 29.0 Å². The van der Waals surface area contributed by atoms with E-state index in [1.165, 1.54) is 6.42 Å². The molecule has 3 aliphatic rings. The molecule has 3 atom stereocenters. The topological polar surface area (TPSA) is 99.2 Å². The monoisotopic (exact) mass is 476 g/mol. The zero-order chi connectivity index (χ0) is 24.0. The van der Waals surface area contributed by atoms with Gasteiger partial charge in [-0.15, -0.1) is 0 Å². The van der Waals surface area contributed by atoms with Crippen molar-refractivity contribution in [2.45, 2.75) is 82.3 Å². The first-order valence-corrected chi connectivity index (χ1v) is 12.8. The van der Waals surface area contributed by atoms with E-state index in [9.17, 15) is 4.79 Å². The molecule has 3 aromatic heterocycles. The van der Waals surface area contributed by atoms with Crippen LogP contribution in [-0.4, -0.2) is 61.1 Å². The van der Waals surface area contributed by atoms with E-state index < -0.39 is 5.41 Å². The molecule has 0 radical (unpaired) electrons. The van der Waals surface area contributed by atoms with Crippen molar-refractivity contribution in [1.29, 1.82) is 0 Å². The van der Waals surface area contributed by atoms with E-state index in [1.54, 1.807) is 12.5 Å². The van der Waals surface area contributed by atoms with Gasteiger partial charge in [-0.1, -0.05) is 11.6 Å². The number of carbonyl (C=O) groups excluding carboxylic acids is 1. The summed E-state index contributed by atoms with van der Waals surface area (Å²) in [6.07, 6.45) is 13.6. The van der Waals surface area contributed by atoms with Crippen LogP contribution in [0.2, 0.25) is 0 Å². The van der Waals surface area contributed by atoms with E-state index in [4.69, 9.17) is 19.2 Å². The predicted molar refractivity (Wildman–Crippen MR) is 128 cm³/mol. The highest BCUT2D eigenvalue weighted by Gasteiger charge is 2.48. The number of ether oxygens (including phenoxy) is 1. The fourth-order valence-electron chi connectivity index (χ4n) is 6.27. The molecule has 1 saturated heterocycles. The van der Waals surface area contributed by atoms with Gasteiger partial charge in [0, 0.05) is 36.5 Å². The first-order valence-electron chi connectivity index (χ1n) is 12.8. The van der Waals surface area contributed by atoms with Crippen LogP contribution in [0.1, 0.15) is 69.6 Å². The minimum Gasteiger partial charge on any atom is -0.473 e. The van der Waals surface area contributed by atoms with Crippen molar-refractivity contribution in [3.8, 4) is 23.2 Å². The van der Waals surface area contributed by atoms with Crippen molar-refractivity contribution in [3.63, 3.8) is 0 Å². The lowest BCUT2D eigenvalue weighted by Crippen LogP contribution is -2.41. The molecular formula is C26H32N6O3. The predicted octanol–water partition coefficient (Wildman–Crippen LogP) is 3.90. The number of likely N-dealkylation sites (tertiary alicyclic amines) is 1. The number of nitrogens with zero attached hydrogens (tertiary/aromatic N) is 6. The van der Waals surface area contributed by atoms with Crippen LogP contribution in [0, 0.1) is 0 Å². The minimum absolute atomic E-state index is 0.0183. The molecule has 1 saturated carbocycles. The molecule has 184 valence electrons. The lowest BCUT2D eigenvalue weighted by Gasteiger charge is -2.36. The van der Waals surface area contributed by atoms with Gasteiger partial charge >= 0.3 is 0 Å². The highest BCUT2D eigenvalue weighted by molar-refractivity contribution is 5.91. The largest absolute Gasteiger partial charge is 0.473 e. The summed E-state index contributed by atoms with van der Waals surface area (Å²) in [5.74, 6) is 2.65. The number of hydrogen-bond donors (Lipinski definition) is 0. The molecule has 9 heteroatoms. The first-order chi connectivity index (χ1) is 17.0. The third kappa shape index (κ3) is 3.86. The summed E-state index contributed by atoms with van der Waals surface area (Å²) in [5.41, 5.74) is 1.07. The SMILES string of the molecule is C[C@H](Oc1cc(-n2ccnc2)nc(-c2noc3c2CCC[C@@]32CCCCC2=O)n1)[C@@H]1CCCN1C. The molecular weight excluding hydrogens is 444 g/mol. The highest BCUT2D eigenvalue weighted by Crippen LogP contribution is 2.47. The summed E-state index contributed by atoms with van der Waals surface area (Å²) >= 11 is 0. The molecule has 2 aliphatic carbocycles. The Morgan fingerprint density at radius 2 is 2.06 bits per heavy atom. The lowest BCUT2D eigenvalue weighted by atomic mass is 9.64. The van der Waals surface area contributed by atoms with Crippen molar-refractivity contribution in [2.75, 3.05) is 13.6 Å². The maximum atomic E-state index is 13.1. The third-order valence-corrected chi connectivity index (χ3v) is 8.14. The van der Waals surface area contributed by atoms with Gasteiger partial charge in [-0.3, -0.25) is 14.3 Å². The molecule has 6 rings (SSSR count). The normalized spacial score (nSPS) is 25.7. The number of hydrogen-bond acceptors (Lipinski definition) is 8. The second-order valence-electron chi connectivity index (χ2n) is 10.3. The van der Waals surface area contributed by atoms with Gasteiger partial charge in [0.2, 0.25) is 5.88 Å². The van der Waals surface area contributed by atoms with E-state index in [1.807, 2.05) is 16.8 Å². The van der Waals surface area contributed by atoms with Crippen LogP contribution >= 0.6 is 0 Å². The molecule has 3 aromatic rings. The molecule has 1 spiro atoms. The Hall–Kier alpha value is -3.07. The number of imidazole rings is 1. The summed E-state index contributed by atoms with van der Waals surface area (Å²) < 4.78 is 14.1. The van der Waals surface area contributed by atoms with Gasteiger partial charge < -0.3 is 9.26 Å². The highest BCUT2D eigenvalue weighted by atomic mass is 16.5. The number of likely N-dealkylation sites (N-methyl/N-ethyl adjacent to an activating group) is 1. The smallest absolute Gasteiger partial charge is 0.219 e. The molecule has 2 fully saturated rings. The molecule has 1 aliphatic heterocycles. The number of Topliss-reactive ketones (excluding diaryl/α,β-unsaturated/α-hetero) is 1. The Labute approximate surface area is 204 Å². The standard InChI is InChI=1S/C26H32N6O3/c1-17(19-8-6-13-31(19)2)34-22-15-21(32-14-12-27-16-32)28-25(29-22)23-18-7-5-11-26(24(18)35-30-23)10-4-3-9-20(26)33/h12,14-17,19H,3-11,13H2,1-2H3/t17-,19-,26+/m0/s1. The van der Waals surface area contributed by atoms with Crippen LogP contribution in [0.3, 0.4) is 0 Å². The molecule has 0 N–H and O–H groups in total. The molecule has 35 heavy (non-hydrogen) atoms. The quantitative estimate of drug-likeness (QED) is 0.547. The van der Waals surface area contributed by atoms with Gasteiger partial charge in [-0.05, 0) is 65.5 Å². The summed E-state index contributed by atoms with van der Waals surface area (Å²) in [6, 6.07) is 2.19. The number of aromatic nitrogens is 5. The zero-order valence-corrected chi connectivity index (χ0v) is 20.4. The number of rotatable bonds is 5. The average Bonchev–Trinajstić information content (AvgIpc) is 3.62. The van der Waals surface area contributed by atoms with Crippen molar-refractivity contribution in [3.05, 3.63) is 36.1 Å². The summed E-state index contributed by atoms with van der Waals surface area (Å²) in [7, 11) is 2.14. The molecule has 9 nitrogen and oxygen atoms in total. The first kappa shape index (κ1) is 22.4. The van der Waals surface area contributed by atoms with Crippen molar-refractivity contribution < 1.29 is 14.1 Å². The van der Waals surface area contributed by atoms with Gasteiger partial charge in [-0.25, -0.2) is 9.97 Å². The van der Waals surface area contributed by atoms with Crippen LogP contribution in [0.25, 0.3) is 17.3 Å². The van der Waals surface area contributed by atoms with Gasteiger partial charge in [0.1, 0.15) is 24.0 Å². The van der Waals surface area contributed by atoms with Crippen LogP contribution in [0.5, 0.6) is 5.88 Å². The van der Waals surface area contributed by atoms with E-state index >= 15 is 0 Å². The number of ketones is 1. The van der Waals surface area contributed by atoms with Gasteiger partial charge in [0.15, 0.2) is 17.3 Å². The maximum absolute atomic E-state index is 13.1. The third-order valence-electron chi connectivity index (χ3n) is 8.14. The van der Waals surface area contributed by atoms with Crippen LogP contribution in [0.4, 0.5) is 0 Å². The van der Waals surface area contributed by atoms with Gasteiger partial charge in [0.25, 0.3) is 0 Å². The number of carbonyl (C=O) groups is 1. The Morgan fingerprint density at radius 1 is 1.17 bits per heavy atom. The molecule has 0 unspecified atom stereocenters. The zero-order valence-electron chi connectivity index (χ0n) is 20.4. The Balaban J connectivity index is 1.40. The van der Waals surface area contributed by atoms with Gasteiger partial charge in [-0.2, -0.15) is 4.98 Å². The maximum Gasteiger partial charge on any atom is 0.219 e. The summed E-state index contributed by atoms with van der Waals surface area (Å²) in [5, 5.41) is 4.44. The molecule has 0 aromatic carbocycles. The van der Waals surface area contributed by atoms with Crippen molar-refractivity contribution in [1.82, 2.24) is 29.6 Å². The van der Waals surface area contributed by atoms with E-state index in [0.717, 1.165) is 62.8 Å². The fraction of sp³-hybridized carbons (Fsp3) is 0.577. The van der Waals surface area contributed by atoms with E-state index in [-0.39, 0.29) is 6.10 Å². The minimum atomic E-state index is -0.528.